The number of nitrogens with zero attached hydrogens (tertiary/aromatic N) is 4. The fraction of sp³-hybridized carbons (Fsp3) is 0.480. The molecule has 0 radical (unpaired) electrons. The predicted molar refractivity (Wildman–Crippen MR) is 131 cm³/mol. The van der Waals surface area contributed by atoms with E-state index in [2.05, 4.69) is 40.9 Å². The van der Waals surface area contributed by atoms with Crippen LogP contribution in [0.2, 0.25) is 0 Å². The van der Waals surface area contributed by atoms with Gasteiger partial charge in [-0.2, -0.15) is 4.37 Å². The van der Waals surface area contributed by atoms with E-state index in [1.807, 2.05) is 29.0 Å². The maximum atomic E-state index is 14.0. The summed E-state index contributed by atoms with van der Waals surface area (Å²) in [6, 6.07) is 10.8. The van der Waals surface area contributed by atoms with Crippen molar-refractivity contribution in [1.82, 2.24) is 19.6 Å². The second kappa shape index (κ2) is 9.16. The van der Waals surface area contributed by atoms with Crippen LogP contribution in [-0.4, -0.2) is 52.5 Å². The molecule has 3 aromatic rings. The first kappa shape index (κ1) is 21.3. The lowest BCUT2D eigenvalue weighted by atomic mass is 9.95. The summed E-state index contributed by atoms with van der Waals surface area (Å²) in [5.74, 6) is 1.31. The average molecular weight is 450 g/mol. The zero-order valence-electron chi connectivity index (χ0n) is 18.9. The molecule has 2 saturated heterocycles. The number of piperidine rings is 2. The summed E-state index contributed by atoms with van der Waals surface area (Å²) < 4.78 is 4.45. The normalized spacial score (nSPS) is 19.9. The molecule has 4 heterocycles. The maximum absolute atomic E-state index is 14.0. The molecule has 32 heavy (non-hydrogen) atoms. The fourth-order valence-corrected chi connectivity index (χ4v) is 6.04. The Balaban J connectivity index is 1.44. The standard InChI is InChI=1S/C25H31N5OS/c1-17-5-3-6-20-8-12-27-24(23(17)20)30(21-7-4-11-26-16-21)25(31)29-13-9-19(10-14-29)22-15-18(2)28-32-22/h3,5-6,8,12,15,19,21,26H,4,7,9-11,13-14,16H2,1-2H3/t21-/m1/s1. The molecule has 0 unspecified atom stereocenters. The number of hydrogen-bond donors (Lipinski definition) is 1. The summed E-state index contributed by atoms with van der Waals surface area (Å²) >= 11 is 1.61. The number of urea groups is 1. The number of aryl methyl sites for hydroxylation is 2. The number of nitrogens with one attached hydrogen (secondary N) is 1. The number of benzene rings is 1. The van der Waals surface area contributed by atoms with E-state index < -0.39 is 0 Å². The van der Waals surface area contributed by atoms with Crippen molar-refractivity contribution in [3.05, 3.63) is 52.7 Å². The van der Waals surface area contributed by atoms with Crippen LogP contribution in [0, 0.1) is 13.8 Å². The molecule has 0 bridgehead atoms. The largest absolute Gasteiger partial charge is 0.325 e. The van der Waals surface area contributed by atoms with E-state index in [0.717, 1.165) is 79.7 Å². The van der Waals surface area contributed by atoms with E-state index in [4.69, 9.17) is 4.98 Å². The number of likely N-dealkylation sites (tertiary alicyclic amines) is 1. The number of carbonyl (C=O) groups excluding carboxylic acids is 1. The maximum Gasteiger partial charge on any atom is 0.325 e. The van der Waals surface area contributed by atoms with Gasteiger partial charge in [-0.15, -0.1) is 0 Å². The molecular weight excluding hydrogens is 418 g/mol. The van der Waals surface area contributed by atoms with Gasteiger partial charge in [0, 0.05) is 36.1 Å². The first-order valence-corrected chi connectivity index (χ1v) is 12.5. The molecule has 0 spiro atoms. The van der Waals surface area contributed by atoms with Crippen LogP contribution >= 0.6 is 11.5 Å². The highest BCUT2D eigenvalue weighted by molar-refractivity contribution is 7.05. The van der Waals surface area contributed by atoms with Crippen molar-refractivity contribution in [3.63, 3.8) is 0 Å². The highest BCUT2D eigenvalue weighted by Crippen LogP contribution is 2.34. The topological polar surface area (TPSA) is 61.4 Å². The van der Waals surface area contributed by atoms with Gasteiger partial charge in [-0.25, -0.2) is 9.78 Å². The first-order chi connectivity index (χ1) is 15.6. The summed E-state index contributed by atoms with van der Waals surface area (Å²) in [6.45, 7) is 7.54. The molecule has 0 saturated carbocycles. The summed E-state index contributed by atoms with van der Waals surface area (Å²) in [7, 11) is 0. The van der Waals surface area contributed by atoms with Gasteiger partial charge in [0.2, 0.25) is 0 Å². The molecule has 6 nitrogen and oxygen atoms in total. The lowest BCUT2D eigenvalue weighted by molar-refractivity contribution is 0.184. The zero-order valence-corrected chi connectivity index (χ0v) is 19.7. The summed E-state index contributed by atoms with van der Waals surface area (Å²) in [6.07, 6.45) is 5.90. The van der Waals surface area contributed by atoms with Crippen molar-refractivity contribution >= 4 is 34.2 Å². The van der Waals surface area contributed by atoms with E-state index in [1.54, 1.807) is 11.5 Å². The van der Waals surface area contributed by atoms with Crippen LogP contribution in [0.4, 0.5) is 10.6 Å². The van der Waals surface area contributed by atoms with Gasteiger partial charge in [-0.05, 0) is 86.6 Å². The van der Waals surface area contributed by atoms with Gasteiger partial charge in [0.05, 0.1) is 11.7 Å². The van der Waals surface area contributed by atoms with Crippen molar-refractivity contribution in [3.8, 4) is 0 Å². The van der Waals surface area contributed by atoms with Gasteiger partial charge in [-0.1, -0.05) is 18.2 Å². The van der Waals surface area contributed by atoms with E-state index in [9.17, 15) is 4.79 Å². The average Bonchev–Trinajstić information content (AvgIpc) is 3.26. The SMILES string of the molecule is Cc1cc(C2CCN(C(=O)N(c3nccc4cccc(C)c34)[C@@H]3CCCNC3)CC2)sn1. The summed E-state index contributed by atoms with van der Waals surface area (Å²) in [5.41, 5.74) is 2.25. The number of carbonyl (C=O) groups is 1. The quantitative estimate of drug-likeness (QED) is 0.620. The van der Waals surface area contributed by atoms with Crippen molar-refractivity contribution in [2.45, 2.75) is 51.5 Å². The molecule has 2 aliphatic heterocycles. The zero-order chi connectivity index (χ0) is 22.1. The van der Waals surface area contributed by atoms with E-state index in [-0.39, 0.29) is 12.1 Å². The molecule has 2 fully saturated rings. The van der Waals surface area contributed by atoms with Crippen molar-refractivity contribution in [1.29, 1.82) is 0 Å². The Kier molecular flexibility index (Phi) is 6.11. The van der Waals surface area contributed by atoms with Crippen LogP contribution in [-0.2, 0) is 0 Å². The van der Waals surface area contributed by atoms with E-state index in [1.165, 1.54) is 4.88 Å². The second-order valence-electron chi connectivity index (χ2n) is 9.09. The molecular formula is C25H31N5OS. The number of amides is 2. The molecule has 2 amide bonds. The van der Waals surface area contributed by atoms with Crippen LogP contribution in [0.25, 0.3) is 10.8 Å². The number of fused-ring (bicyclic) bond motifs is 1. The molecule has 2 aromatic heterocycles. The van der Waals surface area contributed by atoms with Gasteiger partial charge >= 0.3 is 6.03 Å². The first-order valence-electron chi connectivity index (χ1n) is 11.7. The third-order valence-corrected chi connectivity index (χ3v) is 7.91. The highest BCUT2D eigenvalue weighted by atomic mass is 32.1. The lowest BCUT2D eigenvalue weighted by Crippen LogP contribution is -2.55. The van der Waals surface area contributed by atoms with E-state index in [0.29, 0.717) is 5.92 Å². The highest BCUT2D eigenvalue weighted by Gasteiger charge is 2.34. The third kappa shape index (κ3) is 4.11. The van der Waals surface area contributed by atoms with Gasteiger partial charge in [0.15, 0.2) is 0 Å². The predicted octanol–water partition coefficient (Wildman–Crippen LogP) is 4.87. The van der Waals surface area contributed by atoms with Crippen molar-refractivity contribution in [2.24, 2.45) is 0 Å². The van der Waals surface area contributed by atoms with Gasteiger partial charge in [0.25, 0.3) is 0 Å². The molecule has 5 rings (SSSR count). The second-order valence-corrected chi connectivity index (χ2v) is 9.93. The molecule has 1 atom stereocenters. The number of pyridine rings is 1. The minimum atomic E-state index is 0.0980. The van der Waals surface area contributed by atoms with E-state index >= 15 is 0 Å². The summed E-state index contributed by atoms with van der Waals surface area (Å²) in [4.78, 5) is 24.1. The minimum absolute atomic E-state index is 0.0980. The smallest absolute Gasteiger partial charge is 0.324 e. The molecule has 7 heteroatoms. The fourth-order valence-electron chi connectivity index (χ4n) is 5.13. The molecule has 2 aliphatic rings. The summed E-state index contributed by atoms with van der Waals surface area (Å²) in [5, 5.41) is 5.71. The number of hydrogen-bond acceptors (Lipinski definition) is 5. The van der Waals surface area contributed by atoms with Crippen LogP contribution in [0.3, 0.4) is 0 Å². The molecule has 168 valence electrons. The van der Waals surface area contributed by atoms with Crippen LogP contribution in [0.15, 0.2) is 36.5 Å². The Morgan fingerprint density at radius 3 is 2.75 bits per heavy atom. The van der Waals surface area contributed by atoms with Crippen LogP contribution < -0.4 is 10.2 Å². The Morgan fingerprint density at radius 1 is 1.19 bits per heavy atom. The Bertz CT molecular complexity index is 1090. The lowest BCUT2D eigenvalue weighted by Gasteiger charge is -2.40. The number of rotatable bonds is 3. The monoisotopic (exact) mass is 449 g/mol. The third-order valence-electron chi connectivity index (χ3n) is 6.86. The van der Waals surface area contributed by atoms with Crippen molar-refractivity contribution in [2.75, 3.05) is 31.1 Å². The number of aromatic nitrogens is 2. The Morgan fingerprint density at radius 2 is 2.03 bits per heavy atom. The van der Waals surface area contributed by atoms with Crippen molar-refractivity contribution < 1.29 is 4.79 Å². The number of anilines is 1. The van der Waals surface area contributed by atoms with Gasteiger partial charge < -0.3 is 10.2 Å². The Labute approximate surface area is 193 Å². The minimum Gasteiger partial charge on any atom is -0.324 e. The van der Waals surface area contributed by atoms with Crippen LogP contribution in [0.1, 0.15) is 47.7 Å². The van der Waals surface area contributed by atoms with Crippen LogP contribution in [0.5, 0.6) is 0 Å². The molecule has 1 aromatic carbocycles. The molecule has 1 N–H and O–H groups in total. The van der Waals surface area contributed by atoms with Gasteiger partial charge in [-0.3, -0.25) is 4.90 Å². The molecule has 0 aliphatic carbocycles. The van der Waals surface area contributed by atoms with Gasteiger partial charge in [0.1, 0.15) is 5.82 Å². The Hall–Kier alpha value is -2.51.